The molecule has 1 aliphatic rings. The number of aliphatic hydroxyl groups is 1. The molecule has 1 aromatic carbocycles. The lowest BCUT2D eigenvalue weighted by molar-refractivity contribution is 0.0656. The number of hydrogen-bond acceptors (Lipinski definition) is 3. The van der Waals surface area contributed by atoms with Crippen LogP contribution in [0.2, 0.25) is 0 Å². The number of nitrogens with zero attached hydrogens (tertiary/aromatic N) is 3. The van der Waals surface area contributed by atoms with Crippen molar-refractivity contribution in [3.63, 3.8) is 0 Å². The second-order valence-electron chi connectivity index (χ2n) is 5.80. The molecule has 0 spiro atoms. The van der Waals surface area contributed by atoms with E-state index in [1.54, 1.807) is 24.0 Å². The first-order valence-electron chi connectivity index (χ1n) is 7.69. The number of amides is 1. The topological polar surface area (TPSA) is 58.4 Å². The van der Waals surface area contributed by atoms with Gasteiger partial charge < -0.3 is 10.0 Å². The van der Waals surface area contributed by atoms with E-state index in [4.69, 9.17) is 0 Å². The molecule has 22 heavy (non-hydrogen) atoms. The molecule has 2 heterocycles. The molecule has 1 aromatic heterocycles. The highest BCUT2D eigenvalue weighted by molar-refractivity contribution is 5.92. The number of aliphatic hydroxyl groups excluding tert-OH is 1. The van der Waals surface area contributed by atoms with Crippen molar-refractivity contribution < 1.29 is 9.90 Å². The largest absolute Gasteiger partial charge is 0.388 e. The summed E-state index contributed by atoms with van der Waals surface area (Å²) in [6, 6.07) is 11.4. The maximum atomic E-state index is 12.6. The van der Waals surface area contributed by atoms with Crippen molar-refractivity contribution in [2.75, 3.05) is 6.54 Å². The summed E-state index contributed by atoms with van der Waals surface area (Å²) in [5, 5.41) is 14.5. The lowest BCUT2D eigenvalue weighted by Crippen LogP contribution is -2.37. The van der Waals surface area contributed by atoms with Crippen molar-refractivity contribution in [1.29, 1.82) is 0 Å². The maximum absolute atomic E-state index is 12.6. The summed E-state index contributed by atoms with van der Waals surface area (Å²) in [5.41, 5.74) is 1.50. The van der Waals surface area contributed by atoms with Gasteiger partial charge in [-0.25, -0.2) is 0 Å². The third kappa shape index (κ3) is 2.90. The first kappa shape index (κ1) is 14.8. The number of carbonyl (C=O) groups is 1. The molecule has 1 fully saturated rings. The lowest BCUT2D eigenvalue weighted by Gasteiger charge is -2.26. The average Bonchev–Trinajstić information content (AvgIpc) is 3.16. The third-order valence-electron chi connectivity index (χ3n) is 4.36. The summed E-state index contributed by atoms with van der Waals surface area (Å²) in [7, 11) is 1.77. The van der Waals surface area contributed by atoms with Gasteiger partial charge in [-0.1, -0.05) is 30.3 Å². The Hall–Kier alpha value is -2.14. The second-order valence-corrected chi connectivity index (χ2v) is 5.80. The first-order valence-corrected chi connectivity index (χ1v) is 7.69. The number of hydrogen-bond donors (Lipinski definition) is 1. The standard InChI is InChI=1S/C17H21N3O2/c1-19-15(9-10-18-19)17(22)20-11-5-8-14(20)12-16(21)13-6-3-2-4-7-13/h2-4,6-7,9-10,14,16,21H,5,8,11-12H2,1H3. The predicted molar refractivity (Wildman–Crippen MR) is 83.3 cm³/mol. The molecule has 116 valence electrons. The van der Waals surface area contributed by atoms with Crippen LogP contribution in [0, 0.1) is 0 Å². The van der Waals surface area contributed by atoms with Gasteiger partial charge in [0.15, 0.2) is 0 Å². The van der Waals surface area contributed by atoms with Gasteiger partial charge in [-0.2, -0.15) is 5.10 Å². The molecule has 0 aliphatic carbocycles. The van der Waals surface area contributed by atoms with Crippen LogP contribution in [0.5, 0.6) is 0 Å². The smallest absolute Gasteiger partial charge is 0.272 e. The van der Waals surface area contributed by atoms with Crippen LogP contribution in [-0.2, 0) is 7.05 Å². The Morgan fingerprint density at radius 2 is 2.14 bits per heavy atom. The van der Waals surface area contributed by atoms with E-state index in [-0.39, 0.29) is 11.9 Å². The fourth-order valence-electron chi connectivity index (χ4n) is 3.15. The number of benzene rings is 1. The van der Waals surface area contributed by atoms with E-state index in [2.05, 4.69) is 5.10 Å². The SMILES string of the molecule is Cn1nccc1C(=O)N1CCCC1CC(O)c1ccccc1. The van der Waals surface area contributed by atoms with Crippen molar-refractivity contribution >= 4 is 5.91 Å². The number of carbonyl (C=O) groups excluding carboxylic acids is 1. The minimum absolute atomic E-state index is 0.00256. The van der Waals surface area contributed by atoms with Gasteiger partial charge >= 0.3 is 0 Å². The molecule has 2 aromatic rings. The molecule has 1 aliphatic heterocycles. The quantitative estimate of drug-likeness (QED) is 0.941. The lowest BCUT2D eigenvalue weighted by atomic mass is 10.0. The van der Waals surface area contributed by atoms with Crippen molar-refractivity contribution in [2.45, 2.75) is 31.4 Å². The minimum Gasteiger partial charge on any atom is -0.388 e. The van der Waals surface area contributed by atoms with Crippen molar-refractivity contribution in [3.05, 3.63) is 53.9 Å². The fourth-order valence-corrected chi connectivity index (χ4v) is 3.15. The van der Waals surface area contributed by atoms with Gasteiger partial charge in [0.1, 0.15) is 5.69 Å². The molecule has 5 heteroatoms. The third-order valence-corrected chi connectivity index (χ3v) is 4.36. The van der Waals surface area contributed by atoms with E-state index in [9.17, 15) is 9.90 Å². The zero-order chi connectivity index (χ0) is 15.5. The molecule has 2 atom stereocenters. The molecular weight excluding hydrogens is 278 g/mol. The second kappa shape index (κ2) is 6.32. The Morgan fingerprint density at radius 3 is 2.82 bits per heavy atom. The Bertz CT molecular complexity index is 638. The molecule has 0 bridgehead atoms. The molecule has 1 saturated heterocycles. The van der Waals surface area contributed by atoms with Crippen LogP contribution in [-0.4, -0.2) is 38.3 Å². The number of rotatable bonds is 4. The van der Waals surface area contributed by atoms with E-state index in [1.165, 1.54) is 0 Å². The summed E-state index contributed by atoms with van der Waals surface area (Å²) in [6.07, 6.45) is 3.60. The highest BCUT2D eigenvalue weighted by Gasteiger charge is 2.32. The summed E-state index contributed by atoms with van der Waals surface area (Å²) in [6.45, 7) is 0.746. The van der Waals surface area contributed by atoms with E-state index < -0.39 is 6.10 Å². The average molecular weight is 299 g/mol. The normalized spacial score (nSPS) is 19.4. The molecule has 5 nitrogen and oxygen atoms in total. The van der Waals surface area contributed by atoms with Gasteiger partial charge in [0, 0.05) is 25.8 Å². The van der Waals surface area contributed by atoms with Crippen molar-refractivity contribution in [2.24, 2.45) is 7.05 Å². The molecule has 1 N–H and O–H groups in total. The Balaban J connectivity index is 1.71. The van der Waals surface area contributed by atoms with Gasteiger partial charge in [0.2, 0.25) is 0 Å². The van der Waals surface area contributed by atoms with E-state index >= 15 is 0 Å². The Morgan fingerprint density at radius 1 is 1.36 bits per heavy atom. The zero-order valence-corrected chi connectivity index (χ0v) is 12.7. The van der Waals surface area contributed by atoms with Crippen LogP contribution in [0.25, 0.3) is 0 Å². The van der Waals surface area contributed by atoms with E-state index in [0.29, 0.717) is 12.1 Å². The number of aromatic nitrogens is 2. The molecule has 2 unspecified atom stereocenters. The summed E-state index contributed by atoms with van der Waals surface area (Å²) in [5.74, 6) is 0.00256. The highest BCUT2D eigenvalue weighted by Crippen LogP contribution is 2.28. The Labute approximate surface area is 130 Å². The van der Waals surface area contributed by atoms with Crippen LogP contribution in [0.3, 0.4) is 0 Å². The fraction of sp³-hybridized carbons (Fsp3) is 0.412. The van der Waals surface area contributed by atoms with Gasteiger partial charge in [0.25, 0.3) is 5.91 Å². The van der Waals surface area contributed by atoms with E-state index in [0.717, 1.165) is 24.9 Å². The maximum Gasteiger partial charge on any atom is 0.272 e. The van der Waals surface area contributed by atoms with Crippen molar-refractivity contribution in [1.82, 2.24) is 14.7 Å². The molecule has 3 rings (SSSR count). The van der Waals surface area contributed by atoms with Gasteiger partial charge in [-0.05, 0) is 30.9 Å². The number of aryl methyl sites for hydroxylation is 1. The first-order chi connectivity index (χ1) is 10.7. The number of likely N-dealkylation sites (tertiary alicyclic amines) is 1. The summed E-state index contributed by atoms with van der Waals surface area (Å²) < 4.78 is 1.60. The predicted octanol–water partition coefficient (Wildman–Crippen LogP) is 2.15. The molecule has 0 saturated carbocycles. The molecular formula is C17H21N3O2. The Kier molecular flexibility index (Phi) is 4.24. The minimum atomic E-state index is -0.536. The highest BCUT2D eigenvalue weighted by atomic mass is 16.3. The van der Waals surface area contributed by atoms with Gasteiger partial charge in [0.05, 0.1) is 6.10 Å². The molecule has 0 radical (unpaired) electrons. The van der Waals surface area contributed by atoms with Crippen LogP contribution in [0.4, 0.5) is 0 Å². The van der Waals surface area contributed by atoms with Crippen molar-refractivity contribution in [3.8, 4) is 0 Å². The van der Waals surface area contributed by atoms with Gasteiger partial charge in [-0.15, -0.1) is 0 Å². The van der Waals surface area contributed by atoms with Crippen LogP contribution >= 0.6 is 0 Å². The summed E-state index contributed by atoms with van der Waals surface area (Å²) >= 11 is 0. The molecule has 1 amide bonds. The van der Waals surface area contributed by atoms with Gasteiger partial charge in [-0.3, -0.25) is 9.48 Å². The van der Waals surface area contributed by atoms with Crippen LogP contribution in [0.15, 0.2) is 42.6 Å². The zero-order valence-electron chi connectivity index (χ0n) is 12.7. The van der Waals surface area contributed by atoms with E-state index in [1.807, 2.05) is 35.2 Å². The monoisotopic (exact) mass is 299 g/mol. The van der Waals surface area contributed by atoms with Crippen LogP contribution < -0.4 is 0 Å². The summed E-state index contributed by atoms with van der Waals surface area (Å²) in [4.78, 5) is 14.5. The van der Waals surface area contributed by atoms with Crippen LogP contribution in [0.1, 0.15) is 41.4 Å².